The summed E-state index contributed by atoms with van der Waals surface area (Å²) in [4.78, 5) is 0.332. The number of hydrogen-bond donors (Lipinski definition) is 0. The standard InChI is InChI=1S/C14H13F2NO2S2/c15-10-5-6-11(16)14(9-10)21(18,19)17-7-1-3-12(17)13-4-2-8-20-13/h2,4-6,8-9,12H,1,3,7H2. The van der Waals surface area contributed by atoms with Crippen molar-refractivity contribution in [1.82, 2.24) is 4.31 Å². The highest BCUT2D eigenvalue weighted by Gasteiger charge is 2.38. The summed E-state index contributed by atoms with van der Waals surface area (Å²) in [5.74, 6) is -1.69. The van der Waals surface area contributed by atoms with Crippen molar-refractivity contribution in [2.45, 2.75) is 23.8 Å². The third-order valence-corrected chi connectivity index (χ3v) is 6.45. The summed E-state index contributed by atoms with van der Waals surface area (Å²) in [5, 5.41) is 1.88. The van der Waals surface area contributed by atoms with Crippen LogP contribution in [0.25, 0.3) is 0 Å². The molecule has 112 valence electrons. The van der Waals surface area contributed by atoms with Crippen molar-refractivity contribution < 1.29 is 17.2 Å². The molecule has 2 aromatic rings. The van der Waals surface area contributed by atoms with Crippen LogP contribution in [0.1, 0.15) is 23.8 Å². The van der Waals surface area contributed by atoms with Gasteiger partial charge >= 0.3 is 0 Å². The predicted octanol–water partition coefficient (Wildman–Crippen LogP) is 3.55. The smallest absolute Gasteiger partial charge is 0.207 e. The maximum atomic E-state index is 13.8. The first-order chi connectivity index (χ1) is 10.00. The zero-order valence-electron chi connectivity index (χ0n) is 11.0. The second-order valence-electron chi connectivity index (χ2n) is 4.86. The van der Waals surface area contributed by atoms with E-state index in [4.69, 9.17) is 0 Å². The van der Waals surface area contributed by atoms with E-state index in [1.807, 2.05) is 17.5 Å². The number of hydrogen-bond acceptors (Lipinski definition) is 3. The first-order valence-electron chi connectivity index (χ1n) is 6.50. The highest BCUT2D eigenvalue weighted by atomic mass is 32.2. The van der Waals surface area contributed by atoms with Crippen LogP contribution in [0.5, 0.6) is 0 Å². The molecule has 0 spiro atoms. The van der Waals surface area contributed by atoms with Gasteiger partial charge < -0.3 is 0 Å². The average Bonchev–Trinajstić information content (AvgIpc) is 3.10. The van der Waals surface area contributed by atoms with Crippen molar-refractivity contribution in [2.24, 2.45) is 0 Å². The lowest BCUT2D eigenvalue weighted by molar-refractivity contribution is 0.397. The fourth-order valence-corrected chi connectivity index (χ4v) is 5.29. The molecule has 0 bridgehead atoms. The quantitative estimate of drug-likeness (QED) is 0.863. The molecule has 1 fully saturated rings. The lowest BCUT2D eigenvalue weighted by Crippen LogP contribution is -2.31. The number of nitrogens with zero attached hydrogens (tertiary/aromatic N) is 1. The maximum Gasteiger partial charge on any atom is 0.246 e. The minimum Gasteiger partial charge on any atom is -0.207 e. The third kappa shape index (κ3) is 2.61. The first-order valence-corrected chi connectivity index (χ1v) is 8.82. The Morgan fingerprint density at radius 3 is 2.76 bits per heavy atom. The lowest BCUT2D eigenvalue weighted by atomic mass is 10.2. The van der Waals surface area contributed by atoms with Crippen molar-refractivity contribution in [2.75, 3.05) is 6.54 Å². The van der Waals surface area contributed by atoms with E-state index in [-0.39, 0.29) is 6.04 Å². The van der Waals surface area contributed by atoms with Gasteiger partial charge in [0.05, 0.1) is 6.04 Å². The van der Waals surface area contributed by atoms with Crippen molar-refractivity contribution in [1.29, 1.82) is 0 Å². The summed E-state index contributed by atoms with van der Waals surface area (Å²) in [7, 11) is -4.04. The largest absolute Gasteiger partial charge is 0.246 e. The molecule has 1 atom stereocenters. The summed E-state index contributed by atoms with van der Waals surface area (Å²) in [6, 6.07) is 5.93. The molecule has 0 N–H and O–H groups in total. The fourth-order valence-electron chi connectivity index (χ4n) is 2.59. The van der Waals surface area contributed by atoms with E-state index in [0.717, 1.165) is 23.1 Å². The predicted molar refractivity (Wildman–Crippen MR) is 76.5 cm³/mol. The van der Waals surface area contributed by atoms with Crippen LogP contribution < -0.4 is 0 Å². The van der Waals surface area contributed by atoms with E-state index in [1.165, 1.54) is 15.6 Å². The Kier molecular flexibility index (Phi) is 3.81. The zero-order chi connectivity index (χ0) is 15.0. The van der Waals surface area contributed by atoms with Crippen LogP contribution >= 0.6 is 11.3 Å². The molecule has 7 heteroatoms. The van der Waals surface area contributed by atoms with E-state index < -0.39 is 26.6 Å². The number of benzene rings is 1. The van der Waals surface area contributed by atoms with Gasteiger partial charge in [-0.3, -0.25) is 0 Å². The molecule has 3 nitrogen and oxygen atoms in total. The monoisotopic (exact) mass is 329 g/mol. The van der Waals surface area contributed by atoms with Gasteiger partial charge in [-0.15, -0.1) is 11.3 Å². The first kappa shape index (κ1) is 14.6. The van der Waals surface area contributed by atoms with E-state index in [0.29, 0.717) is 19.4 Å². The molecule has 1 unspecified atom stereocenters. The van der Waals surface area contributed by atoms with Gasteiger partial charge in [0.1, 0.15) is 16.5 Å². The maximum absolute atomic E-state index is 13.8. The van der Waals surface area contributed by atoms with E-state index in [2.05, 4.69) is 0 Å². The third-order valence-electron chi connectivity index (χ3n) is 3.56. The van der Waals surface area contributed by atoms with Gasteiger partial charge in [0, 0.05) is 11.4 Å². The zero-order valence-corrected chi connectivity index (χ0v) is 12.6. The summed E-state index contributed by atoms with van der Waals surface area (Å²) in [6.45, 7) is 0.320. The molecule has 2 heterocycles. The Morgan fingerprint density at radius 1 is 1.24 bits per heavy atom. The van der Waals surface area contributed by atoms with Gasteiger partial charge in [-0.2, -0.15) is 4.31 Å². The van der Waals surface area contributed by atoms with Gasteiger partial charge in [0.2, 0.25) is 10.0 Å². The normalized spacial score (nSPS) is 20.0. The van der Waals surface area contributed by atoms with Crippen LogP contribution in [0.3, 0.4) is 0 Å². The average molecular weight is 329 g/mol. The molecule has 0 amide bonds. The summed E-state index contributed by atoms with van der Waals surface area (Å²) >= 11 is 1.47. The molecule has 0 saturated carbocycles. The highest BCUT2D eigenvalue weighted by molar-refractivity contribution is 7.89. The van der Waals surface area contributed by atoms with Gasteiger partial charge in [-0.25, -0.2) is 17.2 Å². The van der Waals surface area contributed by atoms with Crippen LogP contribution in [0.4, 0.5) is 8.78 Å². The van der Waals surface area contributed by atoms with Gasteiger partial charge in [0.15, 0.2) is 0 Å². The second kappa shape index (κ2) is 5.47. The van der Waals surface area contributed by atoms with Crippen molar-refractivity contribution in [3.8, 4) is 0 Å². The summed E-state index contributed by atoms with van der Waals surface area (Å²) < 4.78 is 53.7. The molecular weight excluding hydrogens is 316 g/mol. The molecule has 0 radical (unpaired) electrons. The number of thiophene rings is 1. The lowest BCUT2D eigenvalue weighted by Gasteiger charge is -2.23. The minimum absolute atomic E-state index is 0.294. The van der Waals surface area contributed by atoms with Gasteiger partial charge in [-0.1, -0.05) is 6.07 Å². The van der Waals surface area contributed by atoms with Gasteiger partial charge in [0.25, 0.3) is 0 Å². The Morgan fingerprint density at radius 2 is 2.05 bits per heavy atom. The highest BCUT2D eigenvalue weighted by Crippen LogP contribution is 2.38. The van der Waals surface area contributed by atoms with Crippen molar-refractivity contribution in [3.63, 3.8) is 0 Å². The number of halogens is 2. The molecule has 1 aliphatic rings. The van der Waals surface area contributed by atoms with Crippen LogP contribution in [0, 0.1) is 11.6 Å². The Balaban J connectivity index is 2.03. The second-order valence-corrected chi connectivity index (χ2v) is 7.70. The molecular formula is C14H13F2NO2S2. The Bertz CT molecular complexity index is 744. The Labute approximate surface area is 125 Å². The molecule has 1 aromatic carbocycles. The van der Waals surface area contributed by atoms with Crippen LogP contribution in [-0.4, -0.2) is 19.3 Å². The molecule has 1 saturated heterocycles. The van der Waals surface area contributed by atoms with Crippen molar-refractivity contribution >= 4 is 21.4 Å². The van der Waals surface area contributed by atoms with Crippen LogP contribution in [0.15, 0.2) is 40.6 Å². The Hall–Kier alpha value is -1.31. The fraction of sp³-hybridized carbons (Fsp3) is 0.286. The van der Waals surface area contributed by atoms with Gasteiger partial charge in [-0.05, 0) is 42.5 Å². The van der Waals surface area contributed by atoms with Crippen LogP contribution in [-0.2, 0) is 10.0 Å². The van der Waals surface area contributed by atoms with E-state index in [1.54, 1.807) is 0 Å². The molecule has 1 aromatic heterocycles. The molecule has 3 rings (SSSR count). The topological polar surface area (TPSA) is 37.4 Å². The number of sulfonamides is 1. The molecule has 1 aliphatic heterocycles. The molecule has 0 aliphatic carbocycles. The van der Waals surface area contributed by atoms with E-state index >= 15 is 0 Å². The van der Waals surface area contributed by atoms with Crippen molar-refractivity contribution in [3.05, 3.63) is 52.2 Å². The summed E-state index contributed by atoms with van der Waals surface area (Å²) in [5.41, 5.74) is 0. The molecule has 21 heavy (non-hydrogen) atoms. The SMILES string of the molecule is O=S(=O)(c1cc(F)ccc1F)N1CCCC1c1cccs1. The van der Waals surface area contributed by atoms with Crippen LogP contribution in [0.2, 0.25) is 0 Å². The minimum atomic E-state index is -4.04. The summed E-state index contributed by atoms with van der Waals surface area (Å²) in [6.07, 6.45) is 1.40. The number of rotatable bonds is 3. The van der Waals surface area contributed by atoms with E-state index in [9.17, 15) is 17.2 Å².